The third-order valence-corrected chi connectivity index (χ3v) is 7.34. The fourth-order valence-electron chi connectivity index (χ4n) is 5.14. The van der Waals surface area contributed by atoms with E-state index in [-0.39, 0.29) is 37.6 Å². The zero-order chi connectivity index (χ0) is 27.8. The van der Waals surface area contributed by atoms with Gasteiger partial charge in [-0.05, 0) is 47.7 Å². The van der Waals surface area contributed by atoms with E-state index in [4.69, 9.17) is 34.8 Å². The maximum absolute atomic E-state index is 15.6. The van der Waals surface area contributed by atoms with Gasteiger partial charge in [0.15, 0.2) is 11.0 Å². The van der Waals surface area contributed by atoms with E-state index in [9.17, 15) is 10.1 Å². The molecule has 1 aliphatic rings. The molecular weight excluding hydrogens is 555 g/mol. The predicted octanol–water partition coefficient (Wildman–Crippen LogP) is 6.68. The average molecular weight is 579 g/mol. The van der Waals surface area contributed by atoms with Crippen molar-refractivity contribution in [1.82, 2.24) is 15.5 Å². The molecule has 38 heavy (non-hydrogen) atoms. The fourth-order valence-corrected chi connectivity index (χ4v) is 5.58. The minimum Gasteiger partial charge on any atom is -0.308 e. The summed E-state index contributed by atoms with van der Waals surface area (Å²) < 4.78 is 31.2. The second-order valence-corrected chi connectivity index (χ2v) is 11.6. The van der Waals surface area contributed by atoms with Gasteiger partial charge in [-0.1, -0.05) is 73.8 Å². The third kappa shape index (κ3) is 5.34. The number of rotatable bonds is 5. The number of amides is 1. The summed E-state index contributed by atoms with van der Waals surface area (Å²) in [6.45, 7) is 5.88. The largest absolute Gasteiger partial charge is 0.308 e. The number of nitrogens with zero attached hydrogens (tertiary/aromatic N) is 3. The Morgan fingerprint density at radius 2 is 1.87 bits per heavy atom. The second-order valence-electron chi connectivity index (χ2n) is 10.4. The number of aromatic nitrogens is 2. The maximum Gasteiger partial charge on any atom is 0.243 e. The number of benzene rings is 2. The van der Waals surface area contributed by atoms with Crippen molar-refractivity contribution in [2.24, 2.45) is 5.41 Å². The highest BCUT2D eigenvalue weighted by atomic mass is 35.5. The van der Waals surface area contributed by atoms with E-state index < -0.39 is 41.0 Å². The molecule has 1 aromatic heterocycles. The van der Waals surface area contributed by atoms with Crippen molar-refractivity contribution in [3.63, 3.8) is 0 Å². The van der Waals surface area contributed by atoms with Crippen LogP contribution in [0.15, 0.2) is 48.5 Å². The molecule has 1 fully saturated rings. The van der Waals surface area contributed by atoms with Gasteiger partial charge in [0.05, 0.1) is 17.1 Å². The van der Waals surface area contributed by atoms with Crippen molar-refractivity contribution < 1.29 is 13.6 Å². The van der Waals surface area contributed by atoms with Crippen LogP contribution in [0, 0.1) is 28.4 Å². The Bertz CT molecular complexity index is 1410. The number of nitriles is 1. The van der Waals surface area contributed by atoms with Gasteiger partial charge in [-0.15, -0.1) is 10.2 Å². The van der Waals surface area contributed by atoms with Gasteiger partial charge >= 0.3 is 0 Å². The van der Waals surface area contributed by atoms with Crippen molar-refractivity contribution in [3.05, 3.63) is 86.5 Å². The van der Waals surface area contributed by atoms with Crippen LogP contribution in [0.4, 0.5) is 14.6 Å². The highest BCUT2D eigenvalue weighted by Gasteiger charge is 2.61. The molecule has 3 aromatic rings. The zero-order valence-corrected chi connectivity index (χ0v) is 23.0. The minimum atomic E-state index is -1.72. The quantitative estimate of drug-likeness (QED) is 0.353. The van der Waals surface area contributed by atoms with Crippen LogP contribution in [0.3, 0.4) is 0 Å². The summed E-state index contributed by atoms with van der Waals surface area (Å²) in [5.74, 6) is -3.23. The molecule has 1 unspecified atom stereocenters. The molecule has 0 spiro atoms. The summed E-state index contributed by atoms with van der Waals surface area (Å²) in [5, 5.41) is 24.4. The molecule has 0 aliphatic carbocycles. The fraction of sp³-hybridized carbons (Fsp3) is 0.333. The van der Waals surface area contributed by atoms with Crippen molar-refractivity contribution >= 4 is 46.5 Å². The monoisotopic (exact) mass is 577 g/mol. The molecule has 2 aromatic carbocycles. The SMILES string of the molecule is CC(C)(C)C[C@@H]1NC(C(=O)Nc2ccc(Cl)nn2)[C@H](c2cccc(Cl)c2F)[C@@]1(C#N)c1ccc(Cl)cc1F. The third-order valence-electron chi connectivity index (χ3n) is 6.61. The molecule has 1 amide bonds. The molecule has 0 saturated carbocycles. The molecule has 1 saturated heterocycles. The van der Waals surface area contributed by atoms with E-state index >= 15 is 8.78 Å². The summed E-state index contributed by atoms with van der Waals surface area (Å²) in [5.41, 5.74) is -2.08. The van der Waals surface area contributed by atoms with Gasteiger partial charge in [-0.25, -0.2) is 8.78 Å². The molecule has 4 rings (SSSR count). The molecule has 0 bridgehead atoms. The molecule has 11 heteroatoms. The van der Waals surface area contributed by atoms with E-state index in [1.54, 1.807) is 0 Å². The summed E-state index contributed by atoms with van der Waals surface area (Å²) in [7, 11) is 0. The lowest BCUT2D eigenvalue weighted by Gasteiger charge is -2.37. The Morgan fingerprint density at radius 3 is 2.47 bits per heavy atom. The van der Waals surface area contributed by atoms with E-state index in [1.807, 2.05) is 20.8 Å². The number of halogens is 5. The van der Waals surface area contributed by atoms with Crippen LogP contribution in [0.5, 0.6) is 0 Å². The lowest BCUT2D eigenvalue weighted by molar-refractivity contribution is -0.118. The number of carbonyl (C=O) groups excluding carboxylic acids is 1. The molecule has 0 radical (unpaired) electrons. The lowest BCUT2D eigenvalue weighted by Crippen LogP contribution is -2.45. The zero-order valence-electron chi connectivity index (χ0n) is 20.7. The van der Waals surface area contributed by atoms with Gasteiger partial charge in [-0.3, -0.25) is 4.79 Å². The van der Waals surface area contributed by atoms with Crippen LogP contribution >= 0.6 is 34.8 Å². The molecule has 2 heterocycles. The van der Waals surface area contributed by atoms with Crippen molar-refractivity contribution in [1.29, 1.82) is 5.26 Å². The Hall–Kier alpha value is -2.83. The van der Waals surface area contributed by atoms with Gasteiger partial charge in [-0.2, -0.15) is 5.26 Å². The first-order chi connectivity index (χ1) is 17.9. The second kappa shape index (κ2) is 10.7. The first-order valence-corrected chi connectivity index (χ1v) is 12.9. The highest BCUT2D eigenvalue weighted by molar-refractivity contribution is 6.31. The van der Waals surface area contributed by atoms with Crippen LogP contribution < -0.4 is 10.6 Å². The van der Waals surface area contributed by atoms with Crippen molar-refractivity contribution in [3.8, 4) is 6.07 Å². The first kappa shape index (κ1) is 28.2. The minimum absolute atomic E-state index is 0.000325. The van der Waals surface area contributed by atoms with Crippen LogP contribution in [-0.2, 0) is 10.2 Å². The lowest BCUT2D eigenvalue weighted by atomic mass is 9.62. The Kier molecular flexibility index (Phi) is 7.96. The summed E-state index contributed by atoms with van der Waals surface area (Å²) >= 11 is 18.0. The van der Waals surface area contributed by atoms with Gasteiger partial charge in [0, 0.05) is 22.5 Å². The van der Waals surface area contributed by atoms with Gasteiger partial charge in [0.1, 0.15) is 17.0 Å². The summed E-state index contributed by atoms with van der Waals surface area (Å²) in [6, 6.07) is 11.6. The molecule has 198 valence electrons. The molecular formula is C27H24Cl3F2N5O. The first-order valence-electron chi connectivity index (χ1n) is 11.7. The topological polar surface area (TPSA) is 90.7 Å². The van der Waals surface area contributed by atoms with Crippen LogP contribution in [-0.4, -0.2) is 28.2 Å². The van der Waals surface area contributed by atoms with E-state index in [2.05, 4.69) is 26.9 Å². The average Bonchev–Trinajstić information content (AvgIpc) is 3.15. The van der Waals surface area contributed by atoms with E-state index in [0.717, 1.165) is 6.07 Å². The number of hydrogen-bond acceptors (Lipinski definition) is 5. The van der Waals surface area contributed by atoms with Crippen LogP contribution in [0.2, 0.25) is 15.2 Å². The number of hydrogen-bond donors (Lipinski definition) is 2. The maximum atomic E-state index is 15.6. The smallest absolute Gasteiger partial charge is 0.243 e. The number of carbonyl (C=O) groups is 1. The van der Waals surface area contributed by atoms with Crippen LogP contribution in [0.25, 0.3) is 0 Å². The molecule has 1 aliphatic heterocycles. The standard InChI is InChI=1S/C27H24Cl3F2N5O/c1-26(2,3)12-19-27(13-33,16-8-7-14(28)11-18(16)31)22(15-5-4-6-17(29)23(15)32)24(34-19)25(38)35-21-10-9-20(30)36-37-21/h4-11,19,22,24,34H,12H2,1-3H3,(H,35,37,38)/t19-,22-,24?,27-/m0/s1. The Morgan fingerprint density at radius 1 is 1.13 bits per heavy atom. The number of nitrogens with one attached hydrogen (secondary N) is 2. The Labute approximate surface area is 234 Å². The van der Waals surface area contributed by atoms with E-state index in [1.165, 1.54) is 42.5 Å². The predicted molar refractivity (Wildman–Crippen MR) is 143 cm³/mol. The normalized spacial score (nSPS) is 23.2. The summed E-state index contributed by atoms with van der Waals surface area (Å²) in [4.78, 5) is 13.7. The Balaban J connectivity index is 1.96. The van der Waals surface area contributed by atoms with Gasteiger partial charge in [0.2, 0.25) is 5.91 Å². The van der Waals surface area contributed by atoms with Gasteiger partial charge in [0.25, 0.3) is 0 Å². The van der Waals surface area contributed by atoms with Crippen molar-refractivity contribution in [2.75, 3.05) is 5.32 Å². The molecule has 2 N–H and O–H groups in total. The van der Waals surface area contributed by atoms with Crippen molar-refractivity contribution in [2.45, 2.75) is 50.6 Å². The van der Waals surface area contributed by atoms with E-state index in [0.29, 0.717) is 6.42 Å². The van der Waals surface area contributed by atoms with Crippen LogP contribution in [0.1, 0.15) is 44.2 Å². The summed E-state index contributed by atoms with van der Waals surface area (Å²) in [6.07, 6.45) is 0.353. The molecule has 6 nitrogen and oxygen atoms in total. The highest BCUT2D eigenvalue weighted by Crippen LogP contribution is 2.52. The number of anilines is 1. The molecule has 4 atom stereocenters. The van der Waals surface area contributed by atoms with Gasteiger partial charge < -0.3 is 10.6 Å².